The van der Waals surface area contributed by atoms with Gasteiger partial charge in [0.05, 0.1) is 5.69 Å². The average molecular weight is 332 g/mol. The Morgan fingerprint density at radius 3 is 2.70 bits per heavy atom. The number of halogens is 1. The molecule has 2 N–H and O–H groups in total. The molecule has 102 valence electrons. The third kappa shape index (κ3) is 2.56. The van der Waals surface area contributed by atoms with Gasteiger partial charge in [0.15, 0.2) is 0 Å². The molecule has 0 radical (unpaired) electrons. The number of nitrogens with one attached hydrogen (secondary N) is 1. The van der Waals surface area contributed by atoms with Crippen molar-refractivity contribution in [1.29, 1.82) is 0 Å². The first kappa shape index (κ1) is 13.2. The van der Waals surface area contributed by atoms with Crippen molar-refractivity contribution in [2.75, 3.05) is 5.32 Å². The van der Waals surface area contributed by atoms with Crippen molar-refractivity contribution in [2.45, 2.75) is 12.8 Å². The Labute approximate surface area is 125 Å². The fraction of sp³-hybridized carbons (Fsp3) is 0.188. The Bertz CT molecular complexity index is 669. The number of hydrogen-bond donors (Lipinski definition) is 2. The first-order chi connectivity index (χ1) is 9.63. The van der Waals surface area contributed by atoms with Crippen molar-refractivity contribution in [2.24, 2.45) is 5.92 Å². The maximum atomic E-state index is 12.3. The summed E-state index contributed by atoms with van der Waals surface area (Å²) in [6.45, 7) is 0. The zero-order valence-corrected chi connectivity index (χ0v) is 12.4. The third-order valence-electron chi connectivity index (χ3n) is 3.63. The Hall–Kier alpha value is -1.81. The van der Waals surface area contributed by atoms with Crippen LogP contribution in [-0.4, -0.2) is 11.0 Å². The number of amides is 1. The molecule has 2 aromatic rings. The van der Waals surface area contributed by atoms with Gasteiger partial charge in [0.25, 0.3) is 0 Å². The van der Waals surface area contributed by atoms with Crippen LogP contribution in [-0.2, 0) is 17.6 Å². The molecule has 1 aliphatic carbocycles. The molecule has 0 bridgehead atoms. The van der Waals surface area contributed by atoms with E-state index in [9.17, 15) is 9.90 Å². The molecule has 20 heavy (non-hydrogen) atoms. The molecule has 0 saturated heterocycles. The molecule has 1 atom stereocenters. The topological polar surface area (TPSA) is 49.3 Å². The summed E-state index contributed by atoms with van der Waals surface area (Å²) in [5.74, 6) is -0.0168. The van der Waals surface area contributed by atoms with Crippen molar-refractivity contribution in [1.82, 2.24) is 0 Å². The number of benzene rings is 2. The van der Waals surface area contributed by atoms with Crippen molar-refractivity contribution < 1.29 is 9.90 Å². The predicted molar refractivity (Wildman–Crippen MR) is 81.8 cm³/mol. The minimum atomic E-state index is -0.0705. The highest BCUT2D eigenvalue weighted by Crippen LogP contribution is 2.31. The number of anilines is 1. The summed E-state index contributed by atoms with van der Waals surface area (Å²) in [6.07, 6.45) is 1.50. The lowest BCUT2D eigenvalue weighted by atomic mass is 10.1. The van der Waals surface area contributed by atoms with Gasteiger partial charge in [-0.05, 0) is 48.2 Å². The Morgan fingerprint density at radius 2 is 1.90 bits per heavy atom. The number of phenolic OH excluding ortho intramolecular Hbond substituents is 1. The molecular formula is C16H14BrNO2. The molecule has 4 heteroatoms. The van der Waals surface area contributed by atoms with Crippen LogP contribution in [0.15, 0.2) is 46.9 Å². The number of phenols is 1. The summed E-state index contributed by atoms with van der Waals surface area (Å²) in [7, 11) is 0. The van der Waals surface area contributed by atoms with Crippen LogP contribution in [0.4, 0.5) is 5.69 Å². The molecular weight excluding hydrogens is 318 g/mol. The molecule has 0 spiro atoms. The van der Waals surface area contributed by atoms with Crippen LogP contribution in [0, 0.1) is 5.92 Å². The number of para-hydroxylation sites is 2. The Balaban J connectivity index is 1.73. The average Bonchev–Trinajstić information content (AvgIpc) is 2.84. The smallest absolute Gasteiger partial charge is 0.228 e. The molecule has 0 heterocycles. The molecule has 2 aromatic carbocycles. The Kier molecular flexibility index (Phi) is 3.49. The molecule has 3 nitrogen and oxygen atoms in total. The van der Waals surface area contributed by atoms with E-state index in [1.54, 1.807) is 24.3 Å². The maximum Gasteiger partial charge on any atom is 0.228 e. The van der Waals surface area contributed by atoms with Gasteiger partial charge in [-0.25, -0.2) is 0 Å². The van der Waals surface area contributed by atoms with Gasteiger partial charge in [-0.2, -0.15) is 0 Å². The molecule has 0 fully saturated rings. The van der Waals surface area contributed by atoms with Crippen LogP contribution >= 0.6 is 15.9 Å². The van der Waals surface area contributed by atoms with Gasteiger partial charge in [0.2, 0.25) is 5.91 Å². The fourth-order valence-corrected chi connectivity index (χ4v) is 2.99. The number of carbonyl (C=O) groups excluding carboxylic acids is 1. The highest BCUT2D eigenvalue weighted by molar-refractivity contribution is 9.10. The molecule has 1 unspecified atom stereocenters. The number of carbonyl (C=O) groups is 1. The predicted octanol–water partition coefficient (Wildman–Crippen LogP) is 3.51. The largest absolute Gasteiger partial charge is 0.506 e. The van der Waals surface area contributed by atoms with Crippen molar-refractivity contribution in [3.05, 3.63) is 58.1 Å². The molecule has 1 amide bonds. The van der Waals surface area contributed by atoms with Crippen molar-refractivity contribution in [3.8, 4) is 5.75 Å². The molecule has 0 aromatic heterocycles. The molecule has 0 saturated carbocycles. The molecule has 3 rings (SSSR count). The maximum absolute atomic E-state index is 12.3. The van der Waals surface area contributed by atoms with Crippen LogP contribution in [0.3, 0.4) is 0 Å². The van der Waals surface area contributed by atoms with Crippen LogP contribution < -0.4 is 5.32 Å². The molecule has 1 aliphatic rings. The summed E-state index contributed by atoms with van der Waals surface area (Å²) in [6, 6.07) is 12.9. The lowest BCUT2D eigenvalue weighted by Gasteiger charge is -2.11. The van der Waals surface area contributed by atoms with Gasteiger partial charge in [-0.1, -0.05) is 34.1 Å². The third-order valence-corrected chi connectivity index (χ3v) is 4.13. The highest BCUT2D eigenvalue weighted by atomic mass is 79.9. The summed E-state index contributed by atoms with van der Waals surface area (Å²) in [4.78, 5) is 12.3. The van der Waals surface area contributed by atoms with E-state index >= 15 is 0 Å². The van der Waals surface area contributed by atoms with Gasteiger partial charge < -0.3 is 10.4 Å². The van der Waals surface area contributed by atoms with Gasteiger partial charge in [-0.3, -0.25) is 4.79 Å². The normalized spacial score (nSPS) is 16.8. The second-order valence-corrected chi connectivity index (χ2v) is 5.94. The van der Waals surface area contributed by atoms with Gasteiger partial charge in [0.1, 0.15) is 5.75 Å². The van der Waals surface area contributed by atoms with Gasteiger partial charge in [-0.15, -0.1) is 0 Å². The van der Waals surface area contributed by atoms with Crippen LogP contribution in [0.5, 0.6) is 5.75 Å². The van der Waals surface area contributed by atoms with Crippen LogP contribution in [0.25, 0.3) is 0 Å². The SMILES string of the molecule is O=C(Nc1ccccc1O)C1Cc2ccc(Br)cc2C1. The lowest BCUT2D eigenvalue weighted by molar-refractivity contribution is -0.119. The van der Waals surface area contributed by atoms with Crippen molar-refractivity contribution in [3.63, 3.8) is 0 Å². The van der Waals surface area contributed by atoms with E-state index in [4.69, 9.17) is 0 Å². The van der Waals surface area contributed by atoms with E-state index in [-0.39, 0.29) is 17.6 Å². The summed E-state index contributed by atoms with van der Waals surface area (Å²) < 4.78 is 1.04. The summed E-state index contributed by atoms with van der Waals surface area (Å²) >= 11 is 3.45. The number of fused-ring (bicyclic) bond motifs is 1. The Morgan fingerprint density at radius 1 is 1.15 bits per heavy atom. The van der Waals surface area contributed by atoms with E-state index < -0.39 is 0 Å². The van der Waals surface area contributed by atoms with E-state index in [0.29, 0.717) is 5.69 Å². The van der Waals surface area contributed by atoms with E-state index in [1.807, 2.05) is 6.07 Å². The van der Waals surface area contributed by atoms with Crippen LogP contribution in [0.1, 0.15) is 11.1 Å². The quantitative estimate of drug-likeness (QED) is 0.827. The van der Waals surface area contributed by atoms with E-state index in [2.05, 4.69) is 33.4 Å². The standard InChI is InChI=1S/C16H14BrNO2/c17-13-6-5-10-7-12(8-11(10)9-13)16(20)18-14-3-1-2-4-15(14)19/h1-6,9,12,19H,7-8H2,(H,18,20). The lowest BCUT2D eigenvalue weighted by Crippen LogP contribution is -2.23. The summed E-state index contributed by atoms with van der Waals surface area (Å²) in [5.41, 5.74) is 2.91. The van der Waals surface area contributed by atoms with Crippen LogP contribution in [0.2, 0.25) is 0 Å². The van der Waals surface area contributed by atoms with E-state index in [0.717, 1.165) is 17.3 Å². The van der Waals surface area contributed by atoms with Crippen molar-refractivity contribution >= 4 is 27.5 Å². The zero-order valence-electron chi connectivity index (χ0n) is 10.8. The second-order valence-electron chi connectivity index (χ2n) is 5.02. The molecule has 0 aliphatic heterocycles. The summed E-state index contributed by atoms with van der Waals surface area (Å²) in [5, 5.41) is 12.5. The highest BCUT2D eigenvalue weighted by Gasteiger charge is 2.27. The first-order valence-corrected chi connectivity index (χ1v) is 7.29. The number of rotatable bonds is 2. The number of hydrogen-bond acceptors (Lipinski definition) is 2. The first-order valence-electron chi connectivity index (χ1n) is 6.49. The second kappa shape index (κ2) is 5.29. The van der Waals surface area contributed by atoms with E-state index in [1.165, 1.54) is 11.1 Å². The monoisotopic (exact) mass is 331 g/mol. The van der Waals surface area contributed by atoms with Gasteiger partial charge >= 0.3 is 0 Å². The minimum Gasteiger partial charge on any atom is -0.506 e. The van der Waals surface area contributed by atoms with Gasteiger partial charge in [0, 0.05) is 10.4 Å². The number of aromatic hydroxyl groups is 1. The zero-order chi connectivity index (χ0) is 14.1. The minimum absolute atomic E-state index is 0.0428. The fourth-order valence-electron chi connectivity index (χ4n) is 2.59.